The number of nitrogens with zero attached hydrogens (tertiary/aromatic N) is 1. The molecule has 1 saturated heterocycles. The summed E-state index contributed by atoms with van der Waals surface area (Å²) in [7, 11) is 0. The highest BCUT2D eigenvalue weighted by Crippen LogP contribution is 2.25. The molecule has 0 saturated carbocycles. The molecule has 2 aliphatic rings. The normalized spacial score (nSPS) is 22.6. The van der Waals surface area contributed by atoms with Crippen LogP contribution in [0.2, 0.25) is 0 Å². The molecule has 0 aliphatic carbocycles. The van der Waals surface area contributed by atoms with E-state index in [2.05, 4.69) is 23.1 Å². The highest BCUT2D eigenvalue weighted by atomic mass is 16.5. The average Bonchev–Trinajstić information content (AvgIpc) is 2.62. The van der Waals surface area contributed by atoms with Crippen molar-refractivity contribution in [1.82, 2.24) is 4.90 Å². The molecule has 0 amide bonds. The molecule has 3 nitrogen and oxygen atoms in total. The number of para-hydroxylation sites is 1. The maximum Gasteiger partial charge on any atom is 0.123 e. The third-order valence-electron chi connectivity index (χ3n) is 3.69. The summed E-state index contributed by atoms with van der Waals surface area (Å²) >= 11 is 0. The minimum absolute atomic E-state index is 0.665. The van der Waals surface area contributed by atoms with Gasteiger partial charge in [0.1, 0.15) is 12.4 Å². The van der Waals surface area contributed by atoms with Gasteiger partial charge in [0, 0.05) is 37.9 Å². The summed E-state index contributed by atoms with van der Waals surface area (Å²) in [5.41, 5.74) is 1.32. The molecule has 1 fully saturated rings. The lowest BCUT2D eigenvalue weighted by Gasteiger charge is -2.32. The molecule has 2 heterocycles. The van der Waals surface area contributed by atoms with Crippen LogP contribution >= 0.6 is 0 Å². The zero-order valence-corrected chi connectivity index (χ0v) is 10.1. The van der Waals surface area contributed by atoms with Gasteiger partial charge in [-0.25, -0.2) is 0 Å². The Balaban J connectivity index is 1.75. The van der Waals surface area contributed by atoms with E-state index < -0.39 is 0 Å². The third-order valence-corrected chi connectivity index (χ3v) is 3.69. The standard InChI is InChI=1S/C14H19NO2/c1-2-4-14-12(3-1)11-15(7-10-17-14)13-5-8-16-9-6-13/h1-4,13H,5-11H2. The van der Waals surface area contributed by atoms with E-state index in [-0.39, 0.29) is 0 Å². The molecule has 0 atom stereocenters. The van der Waals surface area contributed by atoms with Gasteiger partial charge in [-0.15, -0.1) is 0 Å². The SMILES string of the molecule is c1ccc2c(c1)CN(C1CCOCC1)CCO2. The summed E-state index contributed by atoms with van der Waals surface area (Å²) in [5, 5.41) is 0. The van der Waals surface area contributed by atoms with Crippen LogP contribution in [-0.4, -0.2) is 37.3 Å². The van der Waals surface area contributed by atoms with Crippen molar-refractivity contribution < 1.29 is 9.47 Å². The first-order chi connectivity index (χ1) is 8.43. The Hall–Kier alpha value is -1.06. The van der Waals surface area contributed by atoms with Gasteiger partial charge in [0.15, 0.2) is 0 Å². The van der Waals surface area contributed by atoms with Crippen LogP contribution in [0.25, 0.3) is 0 Å². The molecule has 0 bridgehead atoms. The maximum absolute atomic E-state index is 5.80. The second kappa shape index (κ2) is 5.07. The molecule has 3 rings (SSSR count). The van der Waals surface area contributed by atoms with Gasteiger partial charge >= 0.3 is 0 Å². The zero-order chi connectivity index (χ0) is 11.5. The molecule has 0 radical (unpaired) electrons. The second-order valence-corrected chi connectivity index (χ2v) is 4.77. The highest BCUT2D eigenvalue weighted by molar-refractivity contribution is 5.33. The molecule has 1 aromatic carbocycles. The Morgan fingerprint density at radius 3 is 2.76 bits per heavy atom. The van der Waals surface area contributed by atoms with Crippen LogP contribution in [-0.2, 0) is 11.3 Å². The molecule has 17 heavy (non-hydrogen) atoms. The number of hydrogen-bond donors (Lipinski definition) is 0. The Morgan fingerprint density at radius 1 is 1.06 bits per heavy atom. The average molecular weight is 233 g/mol. The minimum Gasteiger partial charge on any atom is -0.492 e. The number of hydrogen-bond acceptors (Lipinski definition) is 3. The summed E-state index contributed by atoms with van der Waals surface area (Å²) in [4.78, 5) is 2.55. The van der Waals surface area contributed by atoms with Crippen molar-refractivity contribution >= 4 is 0 Å². The zero-order valence-electron chi connectivity index (χ0n) is 10.1. The summed E-state index contributed by atoms with van der Waals surface area (Å²) in [6.07, 6.45) is 2.31. The lowest BCUT2D eigenvalue weighted by atomic mass is 10.1. The molecule has 0 unspecified atom stereocenters. The van der Waals surface area contributed by atoms with Crippen LogP contribution in [0.15, 0.2) is 24.3 Å². The van der Waals surface area contributed by atoms with Gasteiger partial charge in [0.05, 0.1) is 0 Å². The minimum atomic E-state index is 0.665. The van der Waals surface area contributed by atoms with Crippen LogP contribution in [0, 0.1) is 0 Å². The van der Waals surface area contributed by atoms with E-state index in [1.54, 1.807) is 0 Å². The summed E-state index contributed by atoms with van der Waals surface area (Å²) in [6.45, 7) is 4.65. The fourth-order valence-corrected chi connectivity index (χ4v) is 2.71. The van der Waals surface area contributed by atoms with Crippen molar-refractivity contribution in [2.45, 2.75) is 25.4 Å². The van der Waals surface area contributed by atoms with Crippen molar-refractivity contribution in [3.8, 4) is 5.75 Å². The van der Waals surface area contributed by atoms with E-state index in [1.165, 1.54) is 5.56 Å². The van der Waals surface area contributed by atoms with Gasteiger partial charge in [-0.1, -0.05) is 18.2 Å². The Morgan fingerprint density at radius 2 is 1.88 bits per heavy atom. The lowest BCUT2D eigenvalue weighted by molar-refractivity contribution is 0.0294. The number of fused-ring (bicyclic) bond motifs is 1. The van der Waals surface area contributed by atoms with E-state index in [1.807, 2.05) is 6.07 Å². The molecule has 3 heteroatoms. The maximum atomic E-state index is 5.80. The van der Waals surface area contributed by atoms with Crippen molar-refractivity contribution in [1.29, 1.82) is 0 Å². The first kappa shape index (κ1) is 11.1. The fraction of sp³-hybridized carbons (Fsp3) is 0.571. The summed E-state index contributed by atoms with van der Waals surface area (Å²) in [6, 6.07) is 9.05. The largest absolute Gasteiger partial charge is 0.492 e. The number of ether oxygens (including phenoxy) is 2. The van der Waals surface area contributed by atoms with Crippen LogP contribution in [0.1, 0.15) is 18.4 Å². The van der Waals surface area contributed by atoms with E-state index in [0.717, 1.165) is 51.5 Å². The molecular weight excluding hydrogens is 214 g/mol. The fourth-order valence-electron chi connectivity index (χ4n) is 2.71. The smallest absolute Gasteiger partial charge is 0.123 e. The monoisotopic (exact) mass is 233 g/mol. The van der Waals surface area contributed by atoms with Crippen molar-refractivity contribution in [2.75, 3.05) is 26.4 Å². The van der Waals surface area contributed by atoms with Gasteiger partial charge in [-0.05, 0) is 18.9 Å². The van der Waals surface area contributed by atoms with E-state index in [4.69, 9.17) is 9.47 Å². The van der Waals surface area contributed by atoms with Gasteiger partial charge in [-0.2, -0.15) is 0 Å². The quantitative estimate of drug-likeness (QED) is 0.741. The number of benzene rings is 1. The third kappa shape index (κ3) is 2.45. The first-order valence-corrected chi connectivity index (χ1v) is 6.46. The lowest BCUT2D eigenvalue weighted by Crippen LogP contribution is -2.40. The topological polar surface area (TPSA) is 21.7 Å². The molecule has 92 valence electrons. The molecule has 0 aromatic heterocycles. The molecule has 2 aliphatic heterocycles. The Labute approximate surface area is 102 Å². The van der Waals surface area contributed by atoms with E-state index >= 15 is 0 Å². The van der Waals surface area contributed by atoms with Gasteiger partial charge in [-0.3, -0.25) is 4.90 Å². The van der Waals surface area contributed by atoms with Gasteiger partial charge in [0.25, 0.3) is 0 Å². The van der Waals surface area contributed by atoms with Crippen molar-refractivity contribution in [2.24, 2.45) is 0 Å². The predicted molar refractivity (Wildman–Crippen MR) is 66.2 cm³/mol. The second-order valence-electron chi connectivity index (χ2n) is 4.77. The Bertz CT molecular complexity index is 374. The van der Waals surface area contributed by atoms with Crippen LogP contribution in [0.5, 0.6) is 5.75 Å². The van der Waals surface area contributed by atoms with Crippen LogP contribution in [0.4, 0.5) is 0 Å². The van der Waals surface area contributed by atoms with Crippen molar-refractivity contribution in [3.05, 3.63) is 29.8 Å². The molecule has 0 N–H and O–H groups in total. The highest BCUT2D eigenvalue weighted by Gasteiger charge is 2.24. The number of rotatable bonds is 1. The molecular formula is C14H19NO2. The van der Waals surface area contributed by atoms with Gasteiger partial charge in [0.2, 0.25) is 0 Å². The summed E-state index contributed by atoms with van der Waals surface area (Å²) in [5.74, 6) is 1.06. The van der Waals surface area contributed by atoms with Crippen LogP contribution < -0.4 is 4.74 Å². The predicted octanol–water partition coefficient (Wildman–Crippen LogP) is 2.06. The Kier molecular flexibility index (Phi) is 3.29. The summed E-state index contributed by atoms with van der Waals surface area (Å²) < 4.78 is 11.2. The van der Waals surface area contributed by atoms with E-state index in [9.17, 15) is 0 Å². The molecule has 1 aromatic rings. The van der Waals surface area contributed by atoms with Gasteiger partial charge < -0.3 is 9.47 Å². The van der Waals surface area contributed by atoms with Crippen molar-refractivity contribution in [3.63, 3.8) is 0 Å². The molecule has 0 spiro atoms. The first-order valence-electron chi connectivity index (χ1n) is 6.46. The van der Waals surface area contributed by atoms with E-state index in [0.29, 0.717) is 6.04 Å². The van der Waals surface area contributed by atoms with Crippen LogP contribution in [0.3, 0.4) is 0 Å².